The molecule has 0 saturated carbocycles. The number of nitro groups is 1. The van der Waals surface area contributed by atoms with Gasteiger partial charge in [0.1, 0.15) is 11.9 Å². The Morgan fingerprint density at radius 3 is 2.75 bits per heavy atom. The maximum absolute atomic E-state index is 13.5. The number of amides is 2. The number of rotatable bonds is 3. The number of nitrogens with one attached hydrogen (secondary N) is 1. The Labute approximate surface area is 113 Å². The van der Waals surface area contributed by atoms with Crippen molar-refractivity contribution in [1.29, 1.82) is 0 Å². The van der Waals surface area contributed by atoms with Crippen molar-refractivity contribution in [2.75, 3.05) is 11.4 Å². The van der Waals surface area contributed by atoms with E-state index in [1.54, 1.807) is 6.92 Å². The van der Waals surface area contributed by atoms with Crippen LogP contribution >= 0.6 is 0 Å². The Morgan fingerprint density at radius 1 is 1.45 bits per heavy atom. The molecule has 1 aliphatic rings. The highest BCUT2D eigenvalue weighted by molar-refractivity contribution is 6.04. The van der Waals surface area contributed by atoms with Gasteiger partial charge in [-0.25, -0.2) is 4.39 Å². The molecule has 1 aromatic rings. The van der Waals surface area contributed by atoms with Crippen molar-refractivity contribution < 1.29 is 18.9 Å². The molecule has 2 amide bonds. The maximum Gasteiger partial charge on any atom is 0.274 e. The molecule has 0 radical (unpaired) electrons. The smallest absolute Gasteiger partial charge is 0.274 e. The lowest BCUT2D eigenvalue weighted by Crippen LogP contribution is -2.58. The molecule has 1 heterocycles. The molecule has 1 aliphatic heterocycles. The highest BCUT2D eigenvalue weighted by Gasteiger charge is 2.33. The summed E-state index contributed by atoms with van der Waals surface area (Å²) in [6, 6.07) is 2.35. The lowest BCUT2D eigenvalue weighted by molar-refractivity contribution is -0.385. The molecule has 1 N–H and O–H groups in total. The van der Waals surface area contributed by atoms with Crippen LogP contribution in [0.3, 0.4) is 0 Å². The number of imide groups is 1. The SMILES string of the molecule is CCC1C(=O)NC(=O)CN1c1cc(F)cc([N+](=O)[O-])c1. The maximum atomic E-state index is 13.5. The summed E-state index contributed by atoms with van der Waals surface area (Å²) in [6.45, 7) is 1.59. The minimum atomic E-state index is -0.789. The monoisotopic (exact) mass is 281 g/mol. The first kappa shape index (κ1) is 13.9. The highest BCUT2D eigenvalue weighted by atomic mass is 19.1. The van der Waals surface area contributed by atoms with Crippen LogP contribution in [0.25, 0.3) is 0 Å². The van der Waals surface area contributed by atoms with Crippen LogP contribution in [0.5, 0.6) is 0 Å². The van der Waals surface area contributed by atoms with Crippen molar-refractivity contribution in [2.24, 2.45) is 0 Å². The van der Waals surface area contributed by atoms with Gasteiger partial charge in [0.25, 0.3) is 5.69 Å². The average Bonchev–Trinajstić information content (AvgIpc) is 2.37. The number of non-ortho nitro benzene ring substituents is 1. The van der Waals surface area contributed by atoms with E-state index in [1.165, 1.54) is 4.90 Å². The van der Waals surface area contributed by atoms with Gasteiger partial charge >= 0.3 is 0 Å². The Balaban J connectivity index is 2.44. The average molecular weight is 281 g/mol. The molecule has 0 spiro atoms. The molecule has 1 atom stereocenters. The van der Waals surface area contributed by atoms with E-state index < -0.39 is 34.3 Å². The van der Waals surface area contributed by atoms with E-state index in [2.05, 4.69) is 5.32 Å². The molecule has 106 valence electrons. The van der Waals surface area contributed by atoms with E-state index in [9.17, 15) is 24.1 Å². The van der Waals surface area contributed by atoms with Gasteiger partial charge < -0.3 is 4.90 Å². The number of halogens is 1. The second-order valence-corrected chi connectivity index (χ2v) is 4.39. The second kappa shape index (κ2) is 5.24. The van der Waals surface area contributed by atoms with Crippen LogP contribution < -0.4 is 10.2 Å². The first-order valence-corrected chi connectivity index (χ1v) is 5.97. The van der Waals surface area contributed by atoms with Gasteiger partial charge in [-0.2, -0.15) is 0 Å². The number of piperazine rings is 1. The largest absolute Gasteiger partial charge is 0.350 e. The number of hydrogen-bond acceptors (Lipinski definition) is 5. The lowest BCUT2D eigenvalue weighted by Gasteiger charge is -2.35. The van der Waals surface area contributed by atoms with Gasteiger partial charge in [0, 0.05) is 11.8 Å². The topological polar surface area (TPSA) is 92.6 Å². The van der Waals surface area contributed by atoms with Crippen molar-refractivity contribution in [3.8, 4) is 0 Å². The quantitative estimate of drug-likeness (QED) is 0.506. The number of nitrogens with zero attached hydrogens (tertiary/aromatic N) is 2. The first-order chi connectivity index (χ1) is 9.42. The van der Waals surface area contributed by atoms with Crippen LogP contribution in [0.15, 0.2) is 18.2 Å². The molecule has 7 nitrogen and oxygen atoms in total. The molecule has 0 bridgehead atoms. The third kappa shape index (κ3) is 2.58. The first-order valence-electron chi connectivity index (χ1n) is 5.97. The highest BCUT2D eigenvalue weighted by Crippen LogP contribution is 2.26. The molecule has 1 fully saturated rings. The van der Waals surface area contributed by atoms with Gasteiger partial charge in [-0.1, -0.05) is 6.92 Å². The lowest BCUT2D eigenvalue weighted by atomic mass is 10.1. The number of nitro benzene ring substituents is 1. The zero-order chi connectivity index (χ0) is 14.9. The summed E-state index contributed by atoms with van der Waals surface area (Å²) in [7, 11) is 0. The summed E-state index contributed by atoms with van der Waals surface area (Å²) in [5.74, 6) is -1.80. The van der Waals surface area contributed by atoms with Crippen LogP contribution in [0.2, 0.25) is 0 Å². The predicted molar refractivity (Wildman–Crippen MR) is 67.6 cm³/mol. The molecular weight excluding hydrogens is 269 g/mol. The van der Waals surface area contributed by atoms with Gasteiger partial charge in [-0.3, -0.25) is 25.0 Å². The third-order valence-electron chi connectivity index (χ3n) is 3.05. The van der Waals surface area contributed by atoms with E-state index in [4.69, 9.17) is 0 Å². The number of carbonyl (C=O) groups excluding carboxylic acids is 2. The molecule has 1 unspecified atom stereocenters. The third-order valence-corrected chi connectivity index (χ3v) is 3.05. The van der Waals surface area contributed by atoms with Crippen LogP contribution in [0, 0.1) is 15.9 Å². The van der Waals surface area contributed by atoms with E-state index in [1.807, 2.05) is 0 Å². The van der Waals surface area contributed by atoms with Crippen LogP contribution in [0.4, 0.5) is 15.8 Å². The van der Waals surface area contributed by atoms with Crippen molar-refractivity contribution in [3.63, 3.8) is 0 Å². The second-order valence-electron chi connectivity index (χ2n) is 4.39. The number of anilines is 1. The van der Waals surface area contributed by atoms with E-state index in [0.29, 0.717) is 6.42 Å². The molecule has 1 saturated heterocycles. The van der Waals surface area contributed by atoms with Gasteiger partial charge in [0.15, 0.2) is 0 Å². The van der Waals surface area contributed by atoms with Gasteiger partial charge in [0.2, 0.25) is 11.8 Å². The van der Waals surface area contributed by atoms with Gasteiger partial charge in [-0.05, 0) is 12.5 Å². The Hall–Kier alpha value is -2.51. The van der Waals surface area contributed by atoms with Crippen molar-refractivity contribution in [2.45, 2.75) is 19.4 Å². The molecule has 20 heavy (non-hydrogen) atoms. The summed E-state index contributed by atoms with van der Waals surface area (Å²) in [5, 5.41) is 12.9. The van der Waals surface area contributed by atoms with Gasteiger partial charge in [-0.15, -0.1) is 0 Å². The predicted octanol–water partition coefficient (Wildman–Crippen LogP) is 0.975. The standard InChI is InChI=1S/C12H12FN3O4/c1-2-10-12(18)14-11(17)6-15(10)8-3-7(13)4-9(5-8)16(19)20/h3-5,10H,2,6H2,1H3,(H,14,17,18). The van der Waals surface area contributed by atoms with Crippen LogP contribution in [-0.2, 0) is 9.59 Å². The number of carbonyl (C=O) groups is 2. The molecule has 8 heteroatoms. The van der Waals surface area contributed by atoms with Crippen molar-refractivity contribution >= 4 is 23.2 Å². The zero-order valence-electron chi connectivity index (χ0n) is 10.6. The normalized spacial score (nSPS) is 18.9. The van der Waals surface area contributed by atoms with Crippen LogP contribution in [-0.4, -0.2) is 29.3 Å². The Bertz CT molecular complexity index is 590. The summed E-state index contributed by atoms with van der Waals surface area (Å²) in [5.41, 5.74) is -0.278. The molecule has 1 aromatic carbocycles. The fourth-order valence-electron chi connectivity index (χ4n) is 2.17. The van der Waals surface area contributed by atoms with E-state index >= 15 is 0 Å². The van der Waals surface area contributed by atoms with Gasteiger partial charge in [0.05, 0.1) is 17.5 Å². The van der Waals surface area contributed by atoms with Crippen LogP contribution in [0.1, 0.15) is 13.3 Å². The Kier molecular flexibility index (Phi) is 3.64. The van der Waals surface area contributed by atoms with E-state index in [-0.39, 0.29) is 12.2 Å². The summed E-state index contributed by atoms with van der Waals surface area (Å²) < 4.78 is 13.5. The molecule has 0 aliphatic carbocycles. The summed E-state index contributed by atoms with van der Waals surface area (Å²) >= 11 is 0. The minimum absolute atomic E-state index is 0.145. The zero-order valence-corrected chi connectivity index (χ0v) is 10.6. The number of benzene rings is 1. The fourth-order valence-corrected chi connectivity index (χ4v) is 2.17. The Morgan fingerprint density at radius 2 is 2.15 bits per heavy atom. The summed E-state index contributed by atoms with van der Waals surface area (Å²) in [6.07, 6.45) is 0.392. The molecule has 0 aromatic heterocycles. The fraction of sp³-hybridized carbons (Fsp3) is 0.333. The number of hydrogen-bond donors (Lipinski definition) is 1. The molecule has 2 rings (SSSR count). The van der Waals surface area contributed by atoms with Crippen molar-refractivity contribution in [3.05, 3.63) is 34.1 Å². The summed E-state index contributed by atoms with van der Waals surface area (Å²) in [4.78, 5) is 34.5. The molecular formula is C12H12FN3O4. The minimum Gasteiger partial charge on any atom is -0.350 e. The van der Waals surface area contributed by atoms with Crippen molar-refractivity contribution in [1.82, 2.24) is 5.32 Å². The van der Waals surface area contributed by atoms with E-state index in [0.717, 1.165) is 18.2 Å².